The zero-order chi connectivity index (χ0) is 17.1. The Kier molecular flexibility index (Phi) is 4.69. The number of hydrogen-bond acceptors (Lipinski definition) is 4. The van der Waals surface area contributed by atoms with Gasteiger partial charge in [-0.1, -0.05) is 6.07 Å². The lowest BCUT2D eigenvalue weighted by Gasteiger charge is -2.18. The van der Waals surface area contributed by atoms with Crippen molar-refractivity contribution in [2.24, 2.45) is 0 Å². The van der Waals surface area contributed by atoms with Gasteiger partial charge in [0.25, 0.3) is 0 Å². The second-order valence-corrected chi connectivity index (χ2v) is 6.08. The van der Waals surface area contributed by atoms with E-state index < -0.39 is 0 Å². The number of carbonyl (C=O) groups excluding carboxylic acids is 1. The molecule has 0 saturated carbocycles. The van der Waals surface area contributed by atoms with Gasteiger partial charge < -0.3 is 15.5 Å². The van der Waals surface area contributed by atoms with Gasteiger partial charge in [-0.3, -0.25) is 4.68 Å². The van der Waals surface area contributed by atoms with Crippen molar-refractivity contribution >= 4 is 17.5 Å². The van der Waals surface area contributed by atoms with Crippen LogP contribution in [0.4, 0.5) is 16.3 Å². The Balaban J connectivity index is 1.57. The summed E-state index contributed by atoms with van der Waals surface area (Å²) in [4.78, 5) is 18.9. The van der Waals surface area contributed by atoms with E-state index in [0.29, 0.717) is 0 Å². The minimum absolute atomic E-state index is 0.119. The minimum Gasteiger partial charge on any atom is -0.354 e. The molecule has 0 spiro atoms. The molecule has 128 valence electrons. The highest BCUT2D eigenvalue weighted by Gasteiger charge is 2.25. The predicted octanol–water partition coefficient (Wildman–Crippen LogP) is 2.32. The maximum absolute atomic E-state index is 12.3. The lowest BCUT2D eigenvalue weighted by molar-refractivity contribution is 0.249. The van der Waals surface area contributed by atoms with E-state index in [9.17, 15) is 4.79 Å². The summed E-state index contributed by atoms with van der Waals surface area (Å²) in [5.41, 5.74) is 2.62. The first-order valence-corrected chi connectivity index (χ1v) is 8.36. The molecule has 1 saturated heterocycles. The quantitative estimate of drug-likeness (QED) is 0.903. The Morgan fingerprint density at radius 1 is 1.38 bits per heavy atom. The van der Waals surface area contributed by atoms with Crippen LogP contribution in [0.15, 0.2) is 24.4 Å². The van der Waals surface area contributed by atoms with Gasteiger partial charge in [0.15, 0.2) is 0 Å². The molecular weight excluding hydrogens is 304 g/mol. The van der Waals surface area contributed by atoms with E-state index in [0.717, 1.165) is 48.9 Å². The van der Waals surface area contributed by atoms with E-state index >= 15 is 0 Å². The van der Waals surface area contributed by atoms with Crippen LogP contribution in [-0.4, -0.2) is 39.9 Å². The van der Waals surface area contributed by atoms with Crippen LogP contribution in [0.5, 0.6) is 0 Å². The van der Waals surface area contributed by atoms with Crippen LogP contribution >= 0.6 is 0 Å². The zero-order valence-corrected chi connectivity index (χ0v) is 14.4. The molecule has 7 heteroatoms. The molecule has 2 aromatic rings. The van der Waals surface area contributed by atoms with Crippen LogP contribution in [0.1, 0.15) is 24.7 Å². The van der Waals surface area contributed by atoms with Gasteiger partial charge in [-0.2, -0.15) is 5.10 Å². The molecule has 0 bridgehead atoms. The largest absolute Gasteiger partial charge is 0.354 e. The number of nitrogens with zero attached hydrogens (tertiary/aromatic N) is 4. The molecule has 1 fully saturated rings. The summed E-state index contributed by atoms with van der Waals surface area (Å²) in [5.74, 6) is 0.957. The van der Waals surface area contributed by atoms with Crippen molar-refractivity contribution in [3.63, 3.8) is 0 Å². The minimum atomic E-state index is -0.176. The van der Waals surface area contributed by atoms with Gasteiger partial charge in [0, 0.05) is 31.9 Å². The summed E-state index contributed by atoms with van der Waals surface area (Å²) in [5, 5.41) is 10.4. The van der Waals surface area contributed by atoms with Crippen LogP contribution < -0.4 is 15.5 Å². The van der Waals surface area contributed by atoms with E-state index in [1.54, 1.807) is 6.20 Å². The fourth-order valence-electron chi connectivity index (χ4n) is 3.15. The number of amides is 2. The van der Waals surface area contributed by atoms with E-state index in [-0.39, 0.29) is 12.1 Å². The topological polar surface area (TPSA) is 75.1 Å². The molecule has 1 atom stereocenters. The van der Waals surface area contributed by atoms with Crippen molar-refractivity contribution in [2.75, 3.05) is 23.3 Å². The summed E-state index contributed by atoms with van der Waals surface area (Å²) in [7, 11) is 0. The molecule has 24 heavy (non-hydrogen) atoms. The Morgan fingerprint density at radius 3 is 2.88 bits per heavy atom. The summed E-state index contributed by atoms with van der Waals surface area (Å²) < 4.78 is 1.89. The average molecular weight is 328 g/mol. The van der Waals surface area contributed by atoms with Crippen molar-refractivity contribution in [2.45, 2.75) is 39.8 Å². The SMILES string of the molecule is CCn1nc(C)c(NC(=O)N[C@H]2CCN(c3ccccn3)C2)c1C. The fraction of sp³-hybridized carbons (Fsp3) is 0.471. The van der Waals surface area contributed by atoms with Crippen LogP contribution in [0.2, 0.25) is 0 Å². The number of pyridine rings is 1. The van der Waals surface area contributed by atoms with Gasteiger partial charge in [-0.15, -0.1) is 0 Å². The van der Waals surface area contributed by atoms with Gasteiger partial charge in [0.2, 0.25) is 0 Å². The van der Waals surface area contributed by atoms with E-state index in [1.165, 1.54) is 0 Å². The molecule has 2 aromatic heterocycles. The summed E-state index contributed by atoms with van der Waals surface area (Å²) in [6.45, 7) is 8.38. The molecule has 3 heterocycles. The zero-order valence-electron chi connectivity index (χ0n) is 14.4. The number of nitrogens with one attached hydrogen (secondary N) is 2. The number of hydrogen-bond donors (Lipinski definition) is 2. The molecule has 0 aromatic carbocycles. The number of anilines is 2. The third-order valence-corrected chi connectivity index (χ3v) is 4.42. The van der Waals surface area contributed by atoms with Crippen LogP contribution in [0.3, 0.4) is 0 Å². The van der Waals surface area contributed by atoms with Crippen molar-refractivity contribution in [1.29, 1.82) is 0 Å². The molecule has 0 radical (unpaired) electrons. The first-order chi connectivity index (χ1) is 11.6. The van der Waals surface area contributed by atoms with Gasteiger partial charge in [-0.25, -0.2) is 9.78 Å². The van der Waals surface area contributed by atoms with E-state index in [4.69, 9.17) is 0 Å². The van der Waals surface area contributed by atoms with Gasteiger partial charge in [0.05, 0.1) is 17.1 Å². The maximum atomic E-state index is 12.3. The van der Waals surface area contributed by atoms with E-state index in [2.05, 4.69) is 25.6 Å². The third-order valence-electron chi connectivity index (χ3n) is 4.42. The van der Waals surface area contributed by atoms with Gasteiger partial charge in [0.1, 0.15) is 5.82 Å². The van der Waals surface area contributed by atoms with Crippen LogP contribution in [-0.2, 0) is 6.54 Å². The second-order valence-electron chi connectivity index (χ2n) is 6.08. The van der Waals surface area contributed by atoms with Crippen molar-refractivity contribution in [3.8, 4) is 0 Å². The Bertz CT molecular complexity index is 711. The molecule has 2 amide bonds. The highest BCUT2D eigenvalue weighted by molar-refractivity contribution is 5.90. The van der Waals surface area contributed by atoms with Crippen molar-refractivity contribution in [1.82, 2.24) is 20.1 Å². The number of rotatable bonds is 4. The molecule has 2 N–H and O–H groups in total. The Labute approximate surface area is 142 Å². The highest BCUT2D eigenvalue weighted by atomic mass is 16.2. The second kappa shape index (κ2) is 6.90. The molecule has 1 aliphatic rings. The van der Waals surface area contributed by atoms with Gasteiger partial charge >= 0.3 is 6.03 Å². The summed E-state index contributed by atoms with van der Waals surface area (Å²) >= 11 is 0. The normalized spacial score (nSPS) is 17.1. The lowest BCUT2D eigenvalue weighted by Crippen LogP contribution is -2.40. The number of carbonyl (C=O) groups is 1. The number of aryl methyl sites for hydroxylation is 2. The molecule has 0 aliphatic carbocycles. The molecule has 3 rings (SSSR count). The summed E-state index contributed by atoms with van der Waals surface area (Å²) in [6, 6.07) is 5.82. The van der Waals surface area contributed by atoms with Crippen molar-refractivity contribution in [3.05, 3.63) is 35.8 Å². The lowest BCUT2D eigenvalue weighted by atomic mass is 10.2. The molecule has 7 nitrogen and oxygen atoms in total. The summed E-state index contributed by atoms with van der Waals surface area (Å²) in [6.07, 6.45) is 2.70. The molecule has 1 aliphatic heterocycles. The smallest absolute Gasteiger partial charge is 0.319 e. The highest BCUT2D eigenvalue weighted by Crippen LogP contribution is 2.20. The fourth-order valence-corrected chi connectivity index (χ4v) is 3.15. The Hall–Kier alpha value is -2.57. The first-order valence-electron chi connectivity index (χ1n) is 8.36. The van der Waals surface area contributed by atoms with Gasteiger partial charge in [-0.05, 0) is 39.3 Å². The standard InChI is InChI=1S/C17H24N6O/c1-4-23-13(3)16(12(2)21-23)20-17(24)19-14-8-10-22(11-14)15-7-5-6-9-18-15/h5-7,9,14H,4,8,10-11H2,1-3H3,(H2,19,20,24)/t14-/m0/s1. The Morgan fingerprint density at radius 2 is 2.21 bits per heavy atom. The van der Waals surface area contributed by atoms with Crippen LogP contribution in [0, 0.1) is 13.8 Å². The van der Waals surface area contributed by atoms with Crippen LogP contribution in [0.25, 0.3) is 0 Å². The molecule has 0 unspecified atom stereocenters. The third kappa shape index (κ3) is 3.34. The van der Waals surface area contributed by atoms with Crippen molar-refractivity contribution < 1.29 is 4.79 Å². The first kappa shape index (κ1) is 16.3. The maximum Gasteiger partial charge on any atom is 0.319 e. The number of urea groups is 1. The average Bonchev–Trinajstić information content (AvgIpc) is 3.15. The van der Waals surface area contributed by atoms with E-state index in [1.807, 2.05) is 43.7 Å². The number of aromatic nitrogens is 3. The monoisotopic (exact) mass is 328 g/mol. The molecular formula is C17H24N6O. The predicted molar refractivity (Wildman–Crippen MR) is 94.4 cm³/mol.